The summed E-state index contributed by atoms with van der Waals surface area (Å²) >= 11 is 0. The fraction of sp³-hybridized carbons (Fsp3) is 0.333. The van der Waals surface area contributed by atoms with Crippen molar-refractivity contribution in [2.45, 2.75) is 12.8 Å². The molecule has 2 heterocycles. The third-order valence-electron chi connectivity index (χ3n) is 6.00. The Balaban J connectivity index is 1.24. The fourth-order valence-corrected chi connectivity index (χ4v) is 4.05. The standard InChI is InChI=1S/C24H24F2N4O4/c25-19-8-5-17(14-20(19)26)24(34)29-12-10-28(11-13-29)22(32)15-27-23(33)16-3-6-18(7-4-16)30-9-1-2-21(30)31/h3-8,14H,1-2,9-13,15H2,(H,27,33). The molecule has 0 bridgehead atoms. The van der Waals surface area contributed by atoms with Crippen LogP contribution >= 0.6 is 0 Å². The molecular formula is C24H24F2N4O4. The monoisotopic (exact) mass is 470 g/mol. The summed E-state index contributed by atoms with van der Waals surface area (Å²) in [5, 5.41) is 2.60. The van der Waals surface area contributed by atoms with E-state index < -0.39 is 23.4 Å². The highest BCUT2D eigenvalue weighted by Gasteiger charge is 2.26. The van der Waals surface area contributed by atoms with Crippen LogP contribution in [0.5, 0.6) is 0 Å². The molecule has 0 unspecified atom stereocenters. The van der Waals surface area contributed by atoms with E-state index in [1.54, 1.807) is 29.2 Å². The van der Waals surface area contributed by atoms with Gasteiger partial charge in [0.25, 0.3) is 11.8 Å². The second kappa shape index (κ2) is 9.98. The quantitative estimate of drug-likeness (QED) is 0.722. The average molecular weight is 470 g/mol. The van der Waals surface area contributed by atoms with Crippen LogP contribution in [-0.4, -0.2) is 72.7 Å². The SMILES string of the molecule is O=C(NCC(=O)N1CCN(C(=O)c2ccc(F)c(F)c2)CC1)c1ccc(N2CCCC2=O)cc1. The van der Waals surface area contributed by atoms with Crippen LogP contribution in [0, 0.1) is 11.6 Å². The van der Waals surface area contributed by atoms with Crippen LogP contribution in [-0.2, 0) is 9.59 Å². The predicted octanol–water partition coefficient (Wildman–Crippen LogP) is 1.81. The topological polar surface area (TPSA) is 90.0 Å². The van der Waals surface area contributed by atoms with Gasteiger partial charge in [0, 0.05) is 56.0 Å². The second-order valence-electron chi connectivity index (χ2n) is 8.18. The summed E-state index contributed by atoms with van der Waals surface area (Å²) in [4.78, 5) is 53.9. The minimum atomic E-state index is -1.09. The molecule has 178 valence electrons. The average Bonchev–Trinajstić information content (AvgIpc) is 3.29. The molecule has 2 aliphatic rings. The lowest BCUT2D eigenvalue weighted by Crippen LogP contribution is -2.52. The van der Waals surface area contributed by atoms with Gasteiger partial charge in [0.15, 0.2) is 11.6 Å². The van der Waals surface area contributed by atoms with E-state index in [2.05, 4.69) is 5.32 Å². The Kier molecular flexibility index (Phi) is 6.85. The Hall–Kier alpha value is -3.82. The Labute approximate surface area is 195 Å². The minimum absolute atomic E-state index is 0.0473. The van der Waals surface area contributed by atoms with Crippen molar-refractivity contribution in [2.24, 2.45) is 0 Å². The van der Waals surface area contributed by atoms with Gasteiger partial charge in [-0.3, -0.25) is 19.2 Å². The van der Waals surface area contributed by atoms with Crippen LogP contribution < -0.4 is 10.2 Å². The van der Waals surface area contributed by atoms with Gasteiger partial charge in [0.1, 0.15) is 0 Å². The van der Waals surface area contributed by atoms with Crippen molar-refractivity contribution < 1.29 is 28.0 Å². The molecule has 2 aromatic rings. The van der Waals surface area contributed by atoms with Gasteiger partial charge in [-0.25, -0.2) is 8.78 Å². The predicted molar refractivity (Wildman–Crippen MR) is 119 cm³/mol. The lowest BCUT2D eigenvalue weighted by molar-refractivity contribution is -0.131. The summed E-state index contributed by atoms with van der Waals surface area (Å²) in [6.45, 7) is 1.49. The third-order valence-corrected chi connectivity index (χ3v) is 6.00. The lowest BCUT2D eigenvalue weighted by Gasteiger charge is -2.34. The van der Waals surface area contributed by atoms with Crippen LogP contribution in [0.3, 0.4) is 0 Å². The first-order chi connectivity index (χ1) is 16.3. The number of carbonyl (C=O) groups excluding carboxylic acids is 4. The van der Waals surface area contributed by atoms with Gasteiger partial charge >= 0.3 is 0 Å². The molecule has 0 aromatic heterocycles. The highest BCUT2D eigenvalue weighted by atomic mass is 19.2. The van der Waals surface area contributed by atoms with Crippen LogP contribution in [0.2, 0.25) is 0 Å². The number of benzene rings is 2. The first-order valence-electron chi connectivity index (χ1n) is 11.0. The van der Waals surface area contributed by atoms with Crippen molar-refractivity contribution >= 4 is 29.3 Å². The van der Waals surface area contributed by atoms with Crippen LogP contribution in [0.25, 0.3) is 0 Å². The molecule has 4 rings (SSSR count). The Morgan fingerprint density at radius 3 is 2.09 bits per heavy atom. The maximum atomic E-state index is 13.4. The van der Waals surface area contributed by atoms with Crippen molar-refractivity contribution in [2.75, 3.05) is 44.2 Å². The normalized spacial score (nSPS) is 16.1. The zero-order valence-corrected chi connectivity index (χ0v) is 18.4. The van der Waals surface area contributed by atoms with E-state index in [1.807, 2.05) is 0 Å². The molecule has 2 fully saturated rings. The number of hydrogen-bond acceptors (Lipinski definition) is 4. The fourth-order valence-electron chi connectivity index (χ4n) is 4.05. The van der Waals surface area contributed by atoms with Crippen LogP contribution in [0.1, 0.15) is 33.6 Å². The summed E-state index contributed by atoms with van der Waals surface area (Å²) in [6, 6.07) is 9.65. The summed E-state index contributed by atoms with van der Waals surface area (Å²) in [5.41, 5.74) is 1.17. The molecule has 2 saturated heterocycles. The van der Waals surface area contributed by atoms with Gasteiger partial charge in [0.2, 0.25) is 11.8 Å². The van der Waals surface area contributed by atoms with Crippen molar-refractivity contribution in [3.8, 4) is 0 Å². The number of rotatable bonds is 5. The summed E-state index contributed by atoms with van der Waals surface area (Å²) in [6.07, 6.45) is 1.34. The number of nitrogens with zero attached hydrogens (tertiary/aromatic N) is 3. The second-order valence-corrected chi connectivity index (χ2v) is 8.18. The number of anilines is 1. The number of halogens is 2. The molecule has 4 amide bonds. The molecule has 0 aliphatic carbocycles. The molecular weight excluding hydrogens is 446 g/mol. The Bertz CT molecular complexity index is 1110. The molecule has 8 nitrogen and oxygen atoms in total. The lowest BCUT2D eigenvalue weighted by atomic mass is 10.1. The van der Waals surface area contributed by atoms with Gasteiger partial charge in [-0.15, -0.1) is 0 Å². The summed E-state index contributed by atoms with van der Waals surface area (Å²) in [7, 11) is 0. The van der Waals surface area contributed by atoms with Crippen LogP contribution in [0.15, 0.2) is 42.5 Å². The van der Waals surface area contributed by atoms with Gasteiger partial charge in [-0.2, -0.15) is 0 Å². The minimum Gasteiger partial charge on any atom is -0.343 e. The van der Waals surface area contributed by atoms with E-state index in [-0.39, 0.29) is 50.1 Å². The molecule has 0 atom stereocenters. The summed E-state index contributed by atoms with van der Waals surface area (Å²) in [5.74, 6) is -3.17. The zero-order chi connectivity index (χ0) is 24.2. The van der Waals surface area contributed by atoms with Crippen LogP contribution in [0.4, 0.5) is 14.5 Å². The van der Waals surface area contributed by atoms with Crippen molar-refractivity contribution in [3.05, 3.63) is 65.2 Å². The maximum Gasteiger partial charge on any atom is 0.254 e. The molecule has 0 spiro atoms. The van der Waals surface area contributed by atoms with E-state index in [9.17, 15) is 28.0 Å². The number of nitrogens with one attached hydrogen (secondary N) is 1. The zero-order valence-electron chi connectivity index (χ0n) is 18.4. The largest absolute Gasteiger partial charge is 0.343 e. The Morgan fingerprint density at radius 2 is 1.47 bits per heavy atom. The Morgan fingerprint density at radius 1 is 0.824 bits per heavy atom. The maximum absolute atomic E-state index is 13.4. The van der Waals surface area contributed by atoms with E-state index >= 15 is 0 Å². The van der Waals surface area contributed by atoms with Gasteiger partial charge in [0.05, 0.1) is 6.54 Å². The first kappa shape index (κ1) is 23.3. The van der Waals surface area contributed by atoms with E-state index in [0.29, 0.717) is 18.5 Å². The third kappa shape index (κ3) is 5.05. The number of amides is 4. The molecule has 0 saturated carbocycles. The molecule has 34 heavy (non-hydrogen) atoms. The first-order valence-corrected chi connectivity index (χ1v) is 11.0. The van der Waals surface area contributed by atoms with Crippen molar-refractivity contribution in [3.63, 3.8) is 0 Å². The molecule has 2 aliphatic heterocycles. The van der Waals surface area contributed by atoms with Crippen molar-refractivity contribution in [1.29, 1.82) is 0 Å². The van der Waals surface area contributed by atoms with E-state index in [0.717, 1.165) is 24.2 Å². The van der Waals surface area contributed by atoms with Gasteiger partial charge < -0.3 is 20.0 Å². The van der Waals surface area contributed by atoms with Gasteiger partial charge in [-0.05, 0) is 48.9 Å². The highest BCUT2D eigenvalue weighted by molar-refractivity contribution is 5.98. The number of hydrogen-bond donors (Lipinski definition) is 1. The van der Waals surface area contributed by atoms with Crippen molar-refractivity contribution in [1.82, 2.24) is 15.1 Å². The van der Waals surface area contributed by atoms with E-state index in [4.69, 9.17) is 0 Å². The highest BCUT2D eigenvalue weighted by Crippen LogP contribution is 2.21. The molecule has 1 N–H and O–H groups in total. The number of carbonyl (C=O) groups is 4. The molecule has 0 radical (unpaired) electrons. The summed E-state index contributed by atoms with van der Waals surface area (Å²) < 4.78 is 26.5. The van der Waals surface area contributed by atoms with E-state index in [1.165, 1.54) is 15.9 Å². The number of piperazine rings is 1. The molecule has 2 aromatic carbocycles. The smallest absolute Gasteiger partial charge is 0.254 e. The van der Waals surface area contributed by atoms with Gasteiger partial charge in [-0.1, -0.05) is 0 Å². The molecule has 10 heteroatoms.